The number of hydrogen-bond acceptors (Lipinski definition) is 6. The van der Waals surface area contributed by atoms with Gasteiger partial charge in [0.25, 0.3) is 0 Å². The van der Waals surface area contributed by atoms with E-state index in [1.165, 1.54) is 29.5 Å². The minimum absolute atomic E-state index is 0.0938. The zero-order chi connectivity index (χ0) is 20.8. The van der Waals surface area contributed by atoms with E-state index in [0.717, 1.165) is 46.8 Å². The van der Waals surface area contributed by atoms with Gasteiger partial charge < -0.3 is 10.6 Å². The molecule has 4 rings (SSSR count). The Morgan fingerprint density at radius 3 is 2.73 bits per heavy atom. The summed E-state index contributed by atoms with van der Waals surface area (Å²) in [4.78, 5) is 31.3. The van der Waals surface area contributed by atoms with Gasteiger partial charge in [0.05, 0.1) is 16.3 Å². The number of aromatic nitrogens is 1. The van der Waals surface area contributed by atoms with E-state index < -0.39 is 0 Å². The van der Waals surface area contributed by atoms with Crippen LogP contribution in [0, 0.1) is 5.92 Å². The second-order valence-electron chi connectivity index (χ2n) is 7.20. The van der Waals surface area contributed by atoms with Crippen LogP contribution in [0.5, 0.6) is 0 Å². The number of thiophene rings is 1. The van der Waals surface area contributed by atoms with Gasteiger partial charge in [-0.15, -0.1) is 34.4 Å². The van der Waals surface area contributed by atoms with Crippen LogP contribution in [0.25, 0.3) is 10.6 Å². The summed E-state index contributed by atoms with van der Waals surface area (Å²) < 4.78 is 0. The molecule has 0 radical (unpaired) electrons. The molecule has 156 valence electrons. The molecule has 30 heavy (non-hydrogen) atoms. The lowest BCUT2D eigenvalue weighted by Gasteiger charge is -2.20. The molecule has 1 aromatic carbocycles. The SMILES string of the molecule is O=C(CSc1cccc(NC(=O)C2CCCCC2)c1)Nc1nc(-c2cccs2)cs1. The van der Waals surface area contributed by atoms with E-state index in [1.54, 1.807) is 11.3 Å². The molecule has 0 saturated heterocycles. The number of thioether (sulfide) groups is 1. The standard InChI is InChI=1S/C22H23N3O2S3/c26-20(25-22-24-18(13-30-22)19-10-5-11-28-19)14-29-17-9-4-8-16(12-17)23-21(27)15-6-2-1-3-7-15/h4-5,8-13,15H,1-3,6-7,14H2,(H,23,27)(H,24,25,26). The van der Waals surface area contributed by atoms with Crippen molar-refractivity contribution >= 4 is 57.1 Å². The van der Waals surface area contributed by atoms with Gasteiger partial charge in [0.2, 0.25) is 11.8 Å². The number of nitrogens with one attached hydrogen (secondary N) is 2. The van der Waals surface area contributed by atoms with Crippen LogP contribution in [-0.4, -0.2) is 22.6 Å². The lowest BCUT2D eigenvalue weighted by atomic mass is 9.88. The predicted molar refractivity (Wildman–Crippen MR) is 126 cm³/mol. The monoisotopic (exact) mass is 457 g/mol. The van der Waals surface area contributed by atoms with Gasteiger partial charge in [0.15, 0.2) is 5.13 Å². The van der Waals surface area contributed by atoms with Gasteiger partial charge in [-0.2, -0.15) is 0 Å². The highest BCUT2D eigenvalue weighted by molar-refractivity contribution is 8.00. The van der Waals surface area contributed by atoms with E-state index in [1.807, 2.05) is 47.2 Å². The van der Waals surface area contributed by atoms with Crippen LogP contribution in [0.2, 0.25) is 0 Å². The molecule has 1 fully saturated rings. The van der Waals surface area contributed by atoms with E-state index >= 15 is 0 Å². The third-order valence-corrected chi connectivity index (χ3v) is 7.62. The van der Waals surface area contributed by atoms with Crippen molar-refractivity contribution in [3.8, 4) is 10.6 Å². The number of thiazole rings is 1. The fraction of sp³-hybridized carbons (Fsp3) is 0.318. The maximum absolute atomic E-state index is 12.4. The molecule has 2 N–H and O–H groups in total. The number of carbonyl (C=O) groups is 2. The lowest BCUT2D eigenvalue weighted by molar-refractivity contribution is -0.120. The highest BCUT2D eigenvalue weighted by atomic mass is 32.2. The van der Waals surface area contributed by atoms with Crippen molar-refractivity contribution in [2.75, 3.05) is 16.4 Å². The van der Waals surface area contributed by atoms with Crippen LogP contribution in [-0.2, 0) is 9.59 Å². The summed E-state index contributed by atoms with van der Waals surface area (Å²) in [5, 5.41) is 10.5. The Balaban J connectivity index is 1.28. The quantitative estimate of drug-likeness (QED) is 0.419. The molecule has 0 unspecified atom stereocenters. The summed E-state index contributed by atoms with van der Waals surface area (Å²) in [5.41, 5.74) is 1.68. The molecule has 8 heteroatoms. The number of benzene rings is 1. The van der Waals surface area contributed by atoms with Gasteiger partial charge >= 0.3 is 0 Å². The first-order chi connectivity index (χ1) is 14.7. The zero-order valence-electron chi connectivity index (χ0n) is 16.4. The molecular weight excluding hydrogens is 434 g/mol. The summed E-state index contributed by atoms with van der Waals surface area (Å²) in [6.07, 6.45) is 5.46. The number of nitrogens with zero attached hydrogens (tertiary/aromatic N) is 1. The van der Waals surface area contributed by atoms with Crippen molar-refractivity contribution in [1.29, 1.82) is 0 Å². The molecule has 1 saturated carbocycles. The van der Waals surface area contributed by atoms with Gasteiger partial charge in [-0.3, -0.25) is 9.59 Å². The van der Waals surface area contributed by atoms with Crippen molar-refractivity contribution < 1.29 is 9.59 Å². The van der Waals surface area contributed by atoms with Crippen molar-refractivity contribution in [1.82, 2.24) is 4.98 Å². The second kappa shape index (κ2) is 10.2. The van der Waals surface area contributed by atoms with E-state index in [-0.39, 0.29) is 23.5 Å². The van der Waals surface area contributed by atoms with Crippen molar-refractivity contribution in [3.63, 3.8) is 0 Å². The van der Waals surface area contributed by atoms with Crippen LogP contribution < -0.4 is 10.6 Å². The normalized spacial score (nSPS) is 14.4. The molecule has 5 nitrogen and oxygen atoms in total. The lowest BCUT2D eigenvalue weighted by Crippen LogP contribution is -2.24. The number of hydrogen-bond donors (Lipinski definition) is 2. The Labute approximate surface area is 188 Å². The van der Waals surface area contributed by atoms with Crippen LogP contribution in [0.3, 0.4) is 0 Å². The smallest absolute Gasteiger partial charge is 0.236 e. The Hall–Kier alpha value is -2.16. The van der Waals surface area contributed by atoms with E-state index in [0.29, 0.717) is 5.13 Å². The van der Waals surface area contributed by atoms with Gasteiger partial charge in [0.1, 0.15) is 0 Å². The summed E-state index contributed by atoms with van der Waals surface area (Å²) in [5.74, 6) is 0.426. The zero-order valence-corrected chi connectivity index (χ0v) is 18.9. The summed E-state index contributed by atoms with van der Waals surface area (Å²) >= 11 is 4.50. The summed E-state index contributed by atoms with van der Waals surface area (Å²) in [6.45, 7) is 0. The topological polar surface area (TPSA) is 71.1 Å². The summed E-state index contributed by atoms with van der Waals surface area (Å²) in [6, 6.07) is 11.7. The van der Waals surface area contributed by atoms with E-state index in [2.05, 4.69) is 15.6 Å². The minimum atomic E-state index is -0.0938. The number of anilines is 2. The Morgan fingerprint density at radius 2 is 1.93 bits per heavy atom. The molecule has 0 spiro atoms. The van der Waals surface area contributed by atoms with Crippen molar-refractivity contribution in [3.05, 3.63) is 47.2 Å². The first kappa shape index (κ1) is 21.1. The third kappa shape index (κ3) is 5.71. The number of carbonyl (C=O) groups excluding carboxylic acids is 2. The maximum atomic E-state index is 12.4. The van der Waals surface area contributed by atoms with Crippen molar-refractivity contribution in [2.45, 2.75) is 37.0 Å². The Bertz CT molecular complexity index is 995. The van der Waals surface area contributed by atoms with Crippen LogP contribution in [0.4, 0.5) is 10.8 Å². The molecule has 0 bridgehead atoms. The highest BCUT2D eigenvalue weighted by Crippen LogP contribution is 2.29. The van der Waals surface area contributed by atoms with Crippen LogP contribution in [0.1, 0.15) is 32.1 Å². The first-order valence-electron chi connectivity index (χ1n) is 10.0. The third-order valence-electron chi connectivity index (χ3n) is 4.97. The minimum Gasteiger partial charge on any atom is -0.326 e. The van der Waals surface area contributed by atoms with Crippen LogP contribution in [0.15, 0.2) is 52.1 Å². The fourth-order valence-corrected chi connectivity index (χ4v) is 5.69. The molecule has 0 aliphatic heterocycles. The fourth-order valence-electron chi connectivity index (χ4n) is 3.45. The first-order valence-corrected chi connectivity index (χ1v) is 12.7. The molecule has 1 aliphatic carbocycles. The molecular formula is C22H23N3O2S3. The molecule has 2 heterocycles. The molecule has 1 aliphatic rings. The van der Waals surface area contributed by atoms with Crippen molar-refractivity contribution in [2.24, 2.45) is 5.92 Å². The van der Waals surface area contributed by atoms with Gasteiger partial charge in [-0.1, -0.05) is 31.4 Å². The molecule has 2 amide bonds. The number of amides is 2. The predicted octanol–water partition coefficient (Wildman–Crippen LogP) is 6.12. The highest BCUT2D eigenvalue weighted by Gasteiger charge is 2.21. The largest absolute Gasteiger partial charge is 0.326 e. The van der Waals surface area contributed by atoms with Gasteiger partial charge in [0, 0.05) is 21.9 Å². The maximum Gasteiger partial charge on any atom is 0.236 e. The average molecular weight is 458 g/mol. The summed E-state index contributed by atoms with van der Waals surface area (Å²) in [7, 11) is 0. The average Bonchev–Trinajstić information content (AvgIpc) is 3.45. The number of rotatable bonds is 7. The van der Waals surface area contributed by atoms with Gasteiger partial charge in [-0.05, 0) is 42.5 Å². The molecule has 3 aromatic rings. The Morgan fingerprint density at radius 1 is 1.07 bits per heavy atom. The van der Waals surface area contributed by atoms with Gasteiger partial charge in [-0.25, -0.2) is 4.98 Å². The second-order valence-corrected chi connectivity index (χ2v) is 10.1. The molecule has 2 aromatic heterocycles. The van der Waals surface area contributed by atoms with Crippen LogP contribution >= 0.6 is 34.4 Å². The van der Waals surface area contributed by atoms with E-state index in [9.17, 15) is 9.59 Å². The molecule has 0 atom stereocenters. The van der Waals surface area contributed by atoms with E-state index in [4.69, 9.17) is 0 Å². The Kier molecular flexibility index (Phi) is 7.20.